The molecule has 0 bridgehead atoms. The minimum absolute atomic E-state index is 0.210. The highest BCUT2D eigenvalue weighted by Gasteiger charge is 2.25. The number of carbonyl (C=O) groups is 2. The maximum absolute atomic E-state index is 12.5. The van der Waals surface area contributed by atoms with Gasteiger partial charge in [-0.1, -0.05) is 54.1 Å². The standard InChI is InChI=1S/C29H20BrClN2O4S/c1-36-24-14-17(13-23(30)26(24)37-16-20-7-4-6-18-5-2-3-8-22(18)20)15-25-28(35)33-29(38-25)32-27(34)19-9-11-21(31)12-10-19/h2-15H,16H2,1H3,(H,32,33,34,35)/b25-15-. The molecule has 0 radical (unpaired) electrons. The first-order chi connectivity index (χ1) is 18.4. The lowest BCUT2D eigenvalue weighted by Gasteiger charge is -2.15. The van der Waals surface area contributed by atoms with Crippen molar-refractivity contribution in [3.8, 4) is 11.5 Å². The number of thioether (sulfide) groups is 1. The summed E-state index contributed by atoms with van der Waals surface area (Å²) in [6.45, 7) is 0.358. The maximum atomic E-state index is 12.5. The second-order valence-corrected chi connectivity index (χ2v) is 10.6. The molecule has 1 N–H and O–H groups in total. The van der Waals surface area contributed by atoms with Crippen molar-refractivity contribution in [3.63, 3.8) is 0 Å². The van der Waals surface area contributed by atoms with Crippen molar-refractivity contribution in [1.82, 2.24) is 5.32 Å². The van der Waals surface area contributed by atoms with E-state index in [1.54, 1.807) is 43.5 Å². The van der Waals surface area contributed by atoms with Crippen LogP contribution in [0.5, 0.6) is 11.5 Å². The summed E-state index contributed by atoms with van der Waals surface area (Å²) >= 11 is 10.5. The second-order valence-electron chi connectivity index (χ2n) is 8.25. The molecule has 4 aromatic carbocycles. The molecule has 1 saturated heterocycles. The Morgan fingerprint density at radius 3 is 2.63 bits per heavy atom. The van der Waals surface area contributed by atoms with Crippen LogP contribution in [0.2, 0.25) is 5.02 Å². The predicted octanol–water partition coefficient (Wildman–Crippen LogP) is 7.24. The normalized spacial score (nSPS) is 15.2. The Morgan fingerprint density at radius 1 is 1.08 bits per heavy atom. The lowest BCUT2D eigenvalue weighted by molar-refractivity contribution is -0.115. The Kier molecular flexibility index (Phi) is 7.83. The van der Waals surface area contributed by atoms with E-state index in [1.165, 1.54) is 0 Å². The van der Waals surface area contributed by atoms with Crippen LogP contribution in [0, 0.1) is 0 Å². The highest BCUT2D eigenvalue weighted by molar-refractivity contribution is 9.10. The van der Waals surface area contributed by atoms with Crippen molar-refractivity contribution in [2.45, 2.75) is 6.61 Å². The van der Waals surface area contributed by atoms with Crippen LogP contribution < -0.4 is 14.8 Å². The molecule has 190 valence electrons. The molecule has 0 aromatic heterocycles. The molecular formula is C29H20BrClN2O4S. The smallest absolute Gasteiger partial charge is 0.279 e. The van der Waals surface area contributed by atoms with Gasteiger partial charge < -0.3 is 14.8 Å². The molecular weight excluding hydrogens is 588 g/mol. The highest BCUT2D eigenvalue weighted by Crippen LogP contribution is 2.39. The van der Waals surface area contributed by atoms with E-state index in [9.17, 15) is 9.59 Å². The fourth-order valence-electron chi connectivity index (χ4n) is 3.91. The number of nitrogens with zero attached hydrogens (tertiary/aromatic N) is 1. The molecule has 1 aliphatic rings. The largest absolute Gasteiger partial charge is 0.493 e. The van der Waals surface area contributed by atoms with Gasteiger partial charge in [0.15, 0.2) is 16.7 Å². The Balaban J connectivity index is 1.34. The van der Waals surface area contributed by atoms with E-state index < -0.39 is 5.91 Å². The molecule has 0 saturated carbocycles. The van der Waals surface area contributed by atoms with Crippen molar-refractivity contribution in [1.29, 1.82) is 0 Å². The fraction of sp³-hybridized carbons (Fsp3) is 0.0690. The topological polar surface area (TPSA) is 77.0 Å². The van der Waals surface area contributed by atoms with Crippen molar-refractivity contribution in [2.75, 3.05) is 7.11 Å². The summed E-state index contributed by atoms with van der Waals surface area (Å²) < 4.78 is 12.4. The molecule has 4 aromatic rings. The molecule has 0 unspecified atom stereocenters. The zero-order chi connectivity index (χ0) is 26.6. The van der Waals surface area contributed by atoms with Crippen LogP contribution in [0.15, 0.2) is 93.2 Å². The Hall–Kier alpha value is -3.59. The van der Waals surface area contributed by atoms with Gasteiger partial charge in [0.25, 0.3) is 11.8 Å². The minimum Gasteiger partial charge on any atom is -0.493 e. The average Bonchev–Trinajstić information content (AvgIpc) is 3.26. The van der Waals surface area contributed by atoms with Gasteiger partial charge in [-0.25, -0.2) is 0 Å². The van der Waals surface area contributed by atoms with Gasteiger partial charge in [-0.3, -0.25) is 9.59 Å². The van der Waals surface area contributed by atoms with Crippen LogP contribution in [-0.2, 0) is 11.4 Å². The van der Waals surface area contributed by atoms with Gasteiger partial charge in [0.2, 0.25) is 0 Å². The number of methoxy groups -OCH3 is 1. The highest BCUT2D eigenvalue weighted by atomic mass is 79.9. The van der Waals surface area contributed by atoms with E-state index in [0.717, 1.165) is 28.1 Å². The van der Waals surface area contributed by atoms with Gasteiger partial charge in [0.05, 0.1) is 16.5 Å². The van der Waals surface area contributed by atoms with Gasteiger partial charge in [-0.15, -0.1) is 0 Å². The molecule has 5 rings (SSSR count). The van der Waals surface area contributed by atoms with Crippen molar-refractivity contribution >= 4 is 73.1 Å². The van der Waals surface area contributed by atoms with Gasteiger partial charge in [-0.2, -0.15) is 4.99 Å². The molecule has 38 heavy (non-hydrogen) atoms. The Labute approximate surface area is 236 Å². The van der Waals surface area contributed by atoms with E-state index in [0.29, 0.717) is 43.6 Å². The van der Waals surface area contributed by atoms with Crippen LogP contribution >= 0.6 is 39.3 Å². The first-order valence-corrected chi connectivity index (χ1v) is 13.5. The third-order valence-corrected chi connectivity index (χ3v) is 7.50. The summed E-state index contributed by atoms with van der Waals surface area (Å²) in [4.78, 5) is 29.4. The molecule has 6 nitrogen and oxygen atoms in total. The number of fused-ring (bicyclic) bond motifs is 1. The first-order valence-electron chi connectivity index (χ1n) is 11.5. The molecule has 1 heterocycles. The number of amidine groups is 1. The van der Waals surface area contributed by atoms with Crippen LogP contribution in [0.3, 0.4) is 0 Å². The zero-order valence-electron chi connectivity index (χ0n) is 20.0. The molecule has 9 heteroatoms. The van der Waals surface area contributed by atoms with Gasteiger partial charge in [-0.05, 0) is 92.1 Å². The Bertz CT molecular complexity index is 1610. The minimum atomic E-state index is -0.470. The van der Waals surface area contributed by atoms with Crippen LogP contribution in [0.4, 0.5) is 0 Å². The maximum Gasteiger partial charge on any atom is 0.279 e. The summed E-state index contributed by atoms with van der Waals surface area (Å²) in [5.74, 6) is 0.260. The molecule has 0 aliphatic carbocycles. The molecule has 1 fully saturated rings. The lowest BCUT2D eigenvalue weighted by atomic mass is 10.1. The van der Waals surface area contributed by atoms with Crippen molar-refractivity contribution < 1.29 is 19.1 Å². The lowest BCUT2D eigenvalue weighted by Crippen LogP contribution is -2.20. The summed E-state index contributed by atoms with van der Waals surface area (Å²) in [5, 5.41) is 5.64. The summed E-state index contributed by atoms with van der Waals surface area (Å²) in [6, 6.07) is 24.3. The number of carbonyl (C=O) groups excluding carboxylic acids is 2. The van der Waals surface area contributed by atoms with E-state index in [2.05, 4.69) is 44.4 Å². The number of ether oxygens (including phenoxy) is 2. The third-order valence-electron chi connectivity index (χ3n) is 5.75. The number of hydrogen-bond acceptors (Lipinski definition) is 5. The number of nitrogens with one attached hydrogen (secondary N) is 1. The number of benzene rings is 4. The summed E-state index contributed by atoms with van der Waals surface area (Å²) in [6.07, 6.45) is 1.71. The Morgan fingerprint density at radius 2 is 1.84 bits per heavy atom. The van der Waals surface area contributed by atoms with Gasteiger partial charge in [0, 0.05) is 10.6 Å². The molecule has 0 atom stereocenters. The van der Waals surface area contributed by atoms with Crippen LogP contribution in [-0.4, -0.2) is 24.1 Å². The van der Waals surface area contributed by atoms with Crippen molar-refractivity contribution in [3.05, 3.63) is 110 Å². The molecule has 0 spiro atoms. The number of aliphatic imine (C=N–C) groups is 1. The van der Waals surface area contributed by atoms with E-state index >= 15 is 0 Å². The molecule has 1 aliphatic heterocycles. The third kappa shape index (κ3) is 5.78. The monoisotopic (exact) mass is 606 g/mol. The van der Waals surface area contributed by atoms with Crippen LogP contribution in [0.25, 0.3) is 16.8 Å². The number of amides is 2. The number of hydrogen-bond donors (Lipinski definition) is 1. The van der Waals surface area contributed by atoms with Gasteiger partial charge >= 0.3 is 0 Å². The average molecular weight is 608 g/mol. The quantitative estimate of drug-likeness (QED) is 0.234. The fourth-order valence-corrected chi connectivity index (χ4v) is 5.43. The van der Waals surface area contributed by atoms with E-state index in [1.807, 2.05) is 30.3 Å². The van der Waals surface area contributed by atoms with Gasteiger partial charge in [0.1, 0.15) is 6.61 Å². The first kappa shape index (κ1) is 26.0. The zero-order valence-corrected chi connectivity index (χ0v) is 23.2. The number of rotatable bonds is 6. The summed E-state index contributed by atoms with van der Waals surface area (Å²) in [7, 11) is 1.56. The van der Waals surface area contributed by atoms with E-state index in [4.69, 9.17) is 21.1 Å². The number of halogens is 2. The second kappa shape index (κ2) is 11.4. The van der Waals surface area contributed by atoms with Crippen molar-refractivity contribution in [2.24, 2.45) is 4.99 Å². The van der Waals surface area contributed by atoms with E-state index in [-0.39, 0.29) is 11.1 Å². The molecule has 2 amide bonds. The van der Waals surface area contributed by atoms with Crippen LogP contribution in [0.1, 0.15) is 21.5 Å². The summed E-state index contributed by atoms with van der Waals surface area (Å²) in [5.41, 5.74) is 2.15. The predicted molar refractivity (Wildman–Crippen MR) is 156 cm³/mol. The SMILES string of the molecule is COc1cc(/C=C2\SC(=NC(=O)c3ccc(Cl)cc3)NC2=O)cc(Br)c1OCc1cccc2ccccc12.